The SMILES string of the molecule is CN(C[C@@H]1CCN(C)C1(C)C)C(=O)Cc1cccc(O)c1. The third kappa shape index (κ3) is 3.56. The number of carbonyl (C=O) groups is 1. The number of carbonyl (C=O) groups excluding carboxylic acids is 1. The second kappa shape index (κ2) is 6.06. The van der Waals surface area contributed by atoms with Crippen molar-refractivity contribution in [2.75, 3.05) is 27.2 Å². The van der Waals surface area contributed by atoms with Crippen LogP contribution in [-0.2, 0) is 11.2 Å². The molecule has 116 valence electrons. The summed E-state index contributed by atoms with van der Waals surface area (Å²) in [6.45, 7) is 6.37. The van der Waals surface area contributed by atoms with Gasteiger partial charge in [-0.2, -0.15) is 0 Å². The monoisotopic (exact) mass is 290 g/mol. The number of rotatable bonds is 4. The molecule has 0 bridgehead atoms. The second-order valence-corrected chi connectivity index (χ2v) is 6.68. The maximum atomic E-state index is 12.3. The molecule has 1 aliphatic heterocycles. The highest BCUT2D eigenvalue weighted by Crippen LogP contribution is 2.33. The van der Waals surface area contributed by atoms with Gasteiger partial charge in [0, 0.05) is 19.1 Å². The Bertz CT molecular complexity index is 513. The third-order valence-corrected chi connectivity index (χ3v) is 4.98. The highest BCUT2D eigenvalue weighted by Gasteiger charge is 2.39. The van der Waals surface area contributed by atoms with E-state index in [0.717, 1.165) is 25.1 Å². The molecule has 0 unspecified atom stereocenters. The van der Waals surface area contributed by atoms with E-state index in [-0.39, 0.29) is 17.2 Å². The fraction of sp³-hybridized carbons (Fsp3) is 0.588. The summed E-state index contributed by atoms with van der Waals surface area (Å²) in [5, 5.41) is 9.46. The molecule has 1 aromatic carbocycles. The van der Waals surface area contributed by atoms with Crippen LogP contribution in [0.4, 0.5) is 0 Å². The van der Waals surface area contributed by atoms with Crippen molar-refractivity contribution in [1.29, 1.82) is 0 Å². The van der Waals surface area contributed by atoms with Crippen molar-refractivity contribution >= 4 is 5.91 Å². The van der Waals surface area contributed by atoms with Gasteiger partial charge < -0.3 is 14.9 Å². The Morgan fingerprint density at radius 2 is 2.19 bits per heavy atom. The van der Waals surface area contributed by atoms with Gasteiger partial charge in [-0.05, 0) is 57.5 Å². The van der Waals surface area contributed by atoms with E-state index in [0.29, 0.717) is 12.3 Å². The largest absolute Gasteiger partial charge is 0.508 e. The fourth-order valence-corrected chi connectivity index (χ4v) is 3.03. The molecule has 1 heterocycles. The van der Waals surface area contributed by atoms with Crippen LogP contribution in [0.15, 0.2) is 24.3 Å². The van der Waals surface area contributed by atoms with Gasteiger partial charge in [0.05, 0.1) is 6.42 Å². The van der Waals surface area contributed by atoms with Crippen LogP contribution in [0.25, 0.3) is 0 Å². The molecule has 1 aliphatic rings. The number of hydrogen-bond acceptors (Lipinski definition) is 3. The van der Waals surface area contributed by atoms with Gasteiger partial charge in [0.1, 0.15) is 5.75 Å². The Labute approximate surface area is 127 Å². The van der Waals surface area contributed by atoms with Crippen LogP contribution in [0, 0.1) is 5.92 Å². The molecule has 1 atom stereocenters. The molecule has 0 aliphatic carbocycles. The van der Waals surface area contributed by atoms with Gasteiger partial charge in [0.2, 0.25) is 5.91 Å². The van der Waals surface area contributed by atoms with Gasteiger partial charge in [-0.1, -0.05) is 12.1 Å². The second-order valence-electron chi connectivity index (χ2n) is 6.68. The molecule has 1 aromatic rings. The van der Waals surface area contributed by atoms with E-state index >= 15 is 0 Å². The van der Waals surface area contributed by atoms with Crippen molar-refractivity contribution in [2.24, 2.45) is 5.92 Å². The quantitative estimate of drug-likeness (QED) is 0.924. The molecule has 1 amide bonds. The molecular weight excluding hydrogens is 264 g/mol. The Morgan fingerprint density at radius 3 is 2.76 bits per heavy atom. The van der Waals surface area contributed by atoms with Crippen LogP contribution < -0.4 is 0 Å². The number of nitrogens with zero attached hydrogens (tertiary/aromatic N) is 2. The highest BCUT2D eigenvalue weighted by atomic mass is 16.3. The van der Waals surface area contributed by atoms with Crippen molar-refractivity contribution in [3.63, 3.8) is 0 Å². The highest BCUT2D eigenvalue weighted by molar-refractivity contribution is 5.78. The van der Waals surface area contributed by atoms with E-state index in [1.165, 1.54) is 0 Å². The van der Waals surface area contributed by atoms with Gasteiger partial charge >= 0.3 is 0 Å². The number of amides is 1. The van der Waals surface area contributed by atoms with Gasteiger partial charge in [-0.3, -0.25) is 4.79 Å². The van der Waals surface area contributed by atoms with Gasteiger partial charge in [0.15, 0.2) is 0 Å². The topological polar surface area (TPSA) is 43.8 Å². The molecule has 1 N–H and O–H groups in total. The molecular formula is C17H26N2O2. The summed E-state index contributed by atoms with van der Waals surface area (Å²) in [6, 6.07) is 6.92. The van der Waals surface area contributed by atoms with E-state index in [1.54, 1.807) is 18.2 Å². The minimum Gasteiger partial charge on any atom is -0.508 e. The van der Waals surface area contributed by atoms with E-state index in [2.05, 4.69) is 25.8 Å². The Kier molecular flexibility index (Phi) is 4.57. The zero-order valence-corrected chi connectivity index (χ0v) is 13.5. The number of aromatic hydroxyl groups is 1. The first-order chi connectivity index (χ1) is 9.80. The first-order valence-corrected chi connectivity index (χ1v) is 7.54. The van der Waals surface area contributed by atoms with Gasteiger partial charge in [0.25, 0.3) is 0 Å². The van der Waals surface area contributed by atoms with E-state index < -0.39 is 0 Å². The van der Waals surface area contributed by atoms with Crippen molar-refractivity contribution in [3.8, 4) is 5.75 Å². The Balaban J connectivity index is 1.94. The smallest absolute Gasteiger partial charge is 0.226 e. The van der Waals surface area contributed by atoms with E-state index in [4.69, 9.17) is 0 Å². The number of phenolic OH excluding ortho intramolecular Hbond substituents is 1. The van der Waals surface area contributed by atoms with Crippen LogP contribution in [0.3, 0.4) is 0 Å². The normalized spacial score (nSPS) is 21.4. The van der Waals surface area contributed by atoms with Crippen LogP contribution in [0.1, 0.15) is 25.8 Å². The molecule has 21 heavy (non-hydrogen) atoms. The minimum atomic E-state index is 0.103. The first kappa shape index (κ1) is 15.8. The number of benzene rings is 1. The lowest BCUT2D eigenvalue weighted by Crippen LogP contribution is -2.45. The number of phenols is 1. The molecule has 0 aromatic heterocycles. The Hall–Kier alpha value is -1.55. The minimum absolute atomic E-state index is 0.103. The lowest BCUT2D eigenvalue weighted by Gasteiger charge is -2.35. The zero-order chi connectivity index (χ0) is 15.6. The summed E-state index contributed by atoms with van der Waals surface area (Å²) in [4.78, 5) is 16.5. The molecule has 4 nitrogen and oxygen atoms in total. The lowest BCUT2D eigenvalue weighted by molar-refractivity contribution is -0.130. The zero-order valence-electron chi connectivity index (χ0n) is 13.5. The molecule has 0 radical (unpaired) electrons. The van der Waals surface area contributed by atoms with Crippen LogP contribution in [0.2, 0.25) is 0 Å². The summed E-state index contributed by atoms with van der Waals surface area (Å²) in [7, 11) is 4.02. The Morgan fingerprint density at radius 1 is 1.48 bits per heavy atom. The number of likely N-dealkylation sites (tertiary alicyclic amines) is 1. The molecule has 0 spiro atoms. The van der Waals surface area contributed by atoms with Gasteiger partial charge in [-0.25, -0.2) is 0 Å². The predicted molar refractivity (Wildman–Crippen MR) is 84.3 cm³/mol. The van der Waals surface area contributed by atoms with Crippen molar-refractivity contribution < 1.29 is 9.90 Å². The molecule has 4 heteroatoms. The van der Waals surface area contributed by atoms with Crippen molar-refractivity contribution in [3.05, 3.63) is 29.8 Å². The summed E-state index contributed by atoms with van der Waals surface area (Å²) < 4.78 is 0. The lowest BCUT2D eigenvalue weighted by atomic mass is 9.88. The molecule has 0 saturated carbocycles. The van der Waals surface area contributed by atoms with Crippen molar-refractivity contribution in [2.45, 2.75) is 32.2 Å². The maximum Gasteiger partial charge on any atom is 0.226 e. The predicted octanol–water partition coefficient (Wildman–Crippen LogP) is 2.12. The standard InChI is InChI=1S/C17H26N2O2/c1-17(2)14(8-9-19(17)4)12-18(3)16(21)11-13-6-5-7-15(20)10-13/h5-7,10,14,20H,8-9,11-12H2,1-4H3/t14-/m0/s1. The molecule has 2 rings (SSSR count). The summed E-state index contributed by atoms with van der Waals surface area (Å²) in [5.74, 6) is 0.813. The average molecular weight is 290 g/mol. The average Bonchev–Trinajstić information content (AvgIpc) is 2.65. The first-order valence-electron chi connectivity index (χ1n) is 7.54. The maximum absolute atomic E-state index is 12.3. The summed E-state index contributed by atoms with van der Waals surface area (Å²) >= 11 is 0. The summed E-state index contributed by atoms with van der Waals surface area (Å²) in [6.07, 6.45) is 1.47. The number of hydrogen-bond donors (Lipinski definition) is 1. The van der Waals surface area contributed by atoms with Crippen LogP contribution in [0.5, 0.6) is 5.75 Å². The fourth-order valence-electron chi connectivity index (χ4n) is 3.03. The van der Waals surface area contributed by atoms with Crippen LogP contribution >= 0.6 is 0 Å². The van der Waals surface area contributed by atoms with E-state index in [9.17, 15) is 9.90 Å². The third-order valence-electron chi connectivity index (χ3n) is 4.98. The van der Waals surface area contributed by atoms with Crippen LogP contribution in [-0.4, -0.2) is 53.5 Å². The molecule has 1 fully saturated rings. The van der Waals surface area contributed by atoms with E-state index in [1.807, 2.05) is 18.0 Å². The summed E-state index contributed by atoms with van der Waals surface area (Å²) in [5.41, 5.74) is 0.995. The van der Waals surface area contributed by atoms with Gasteiger partial charge in [-0.15, -0.1) is 0 Å². The number of likely N-dealkylation sites (N-methyl/N-ethyl adjacent to an activating group) is 1. The molecule has 1 saturated heterocycles. The van der Waals surface area contributed by atoms with Crippen molar-refractivity contribution in [1.82, 2.24) is 9.80 Å².